The SMILES string of the molecule is C=C(SC)c1ccc2c(c1)CCC2. The molecule has 0 spiro atoms. The van der Waals surface area contributed by atoms with E-state index in [9.17, 15) is 0 Å². The van der Waals surface area contributed by atoms with E-state index in [1.807, 2.05) is 0 Å². The zero-order valence-electron chi connectivity index (χ0n) is 7.97. The van der Waals surface area contributed by atoms with E-state index in [1.165, 1.54) is 40.9 Å². The van der Waals surface area contributed by atoms with Crippen LogP contribution < -0.4 is 0 Å². The molecule has 0 saturated carbocycles. The van der Waals surface area contributed by atoms with Crippen LogP contribution in [0.2, 0.25) is 0 Å². The monoisotopic (exact) mass is 190 g/mol. The summed E-state index contributed by atoms with van der Waals surface area (Å²) in [4.78, 5) is 1.18. The van der Waals surface area contributed by atoms with Crippen LogP contribution in [0.5, 0.6) is 0 Å². The molecule has 13 heavy (non-hydrogen) atoms. The highest BCUT2D eigenvalue weighted by Crippen LogP contribution is 2.28. The summed E-state index contributed by atoms with van der Waals surface area (Å²) in [6.45, 7) is 4.03. The lowest BCUT2D eigenvalue weighted by Crippen LogP contribution is -1.85. The zero-order valence-corrected chi connectivity index (χ0v) is 8.79. The standard InChI is InChI=1S/C12H14S/c1-9(13-2)11-7-6-10-4-3-5-12(10)8-11/h6-8H,1,3-5H2,2H3. The second kappa shape index (κ2) is 3.59. The normalized spacial score (nSPS) is 14.2. The predicted molar refractivity (Wildman–Crippen MR) is 61.0 cm³/mol. The Kier molecular flexibility index (Phi) is 2.45. The average Bonchev–Trinajstić information content (AvgIpc) is 2.63. The topological polar surface area (TPSA) is 0 Å². The van der Waals surface area contributed by atoms with Gasteiger partial charge in [0.05, 0.1) is 0 Å². The number of hydrogen-bond donors (Lipinski definition) is 0. The molecule has 2 rings (SSSR count). The van der Waals surface area contributed by atoms with E-state index in [2.05, 4.69) is 31.0 Å². The van der Waals surface area contributed by atoms with Gasteiger partial charge in [0.1, 0.15) is 0 Å². The fraction of sp³-hybridized carbons (Fsp3) is 0.333. The minimum absolute atomic E-state index is 1.18. The van der Waals surface area contributed by atoms with E-state index in [0.717, 1.165) is 0 Å². The number of hydrogen-bond acceptors (Lipinski definition) is 1. The molecule has 0 unspecified atom stereocenters. The van der Waals surface area contributed by atoms with Crippen LogP contribution >= 0.6 is 11.8 Å². The lowest BCUT2D eigenvalue weighted by molar-refractivity contribution is 0.912. The van der Waals surface area contributed by atoms with Gasteiger partial charge in [-0.25, -0.2) is 0 Å². The molecule has 0 bridgehead atoms. The Balaban J connectivity index is 2.36. The van der Waals surface area contributed by atoms with Crippen LogP contribution in [0.25, 0.3) is 4.91 Å². The molecular formula is C12H14S. The van der Waals surface area contributed by atoms with Gasteiger partial charge in [-0.15, -0.1) is 11.8 Å². The van der Waals surface area contributed by atoms with Crippen molar-refractivity contribution in [3.8, 4) is 0 Å². The third-order valence-electron chi connectivity index (χ3n) is 2.67. The van der Waals surface area contributed by atoms with Crippen LogP contribution in [0.15, 0.2) is 24.8 Å². The van der Waals surface area contributed by atoms with Crippen molar-refractivity contribution in [2.24, 2.45) is 0 Å². The van der Waals surface area contributed by atoms with Gasteiger partial charge in [-0.05, 0) is 42.2 Å². The Bertz CT molecular complexity index is 339. The van der Waals surface area contributed by atoms with E-state index >= 15 is 0 Å². The molecular weight excluding hydrogens is 176 g/mol. The van der Waals surface area contributed by atoms with Gasteiger partial charge in [-0.2, -0.15) is 0 Å². The van der Waals surface area contributed by atoms with Gasteiger partial charge in [0, 0.05) is 4.91 Å². The van der Waals surface area contributed by atoms with Crippen LogP contribution in [0, 0.1) is 0 Å². The van der Waals surface area contributed by atoms with Gasteiger partial charge in [0.25, 0.3) is 0 Å². The lowest BCUT2D eigenvalue weighted by Gasteiger charge is -2.05. The molecule has 0 nitrogen and oxygen atoms in total. The maximum Gasteiger partial charge on any atom is 0.00698 e. The maximum absolute atomic E-state index is 4.03. The second-order valence-corrected chi connectivity index (χ2v) is 4.37. The first kappa shape index (κ1) is 8.89. The molecule has 0 aromatic heterocycles. The Hall–Kier alpha value is -0.690. The molecule has 0 atom stereocenters. The number of thioether (sulfide) groups is 1. The summed E-state index contributed by atoms with van der Waals surface area (Å²) < 4.78 is 0. The molecule has 0 heterocycles. The van der Waals surface area contributed by atoms with E-state index in [-0.39, 0.29) is 0 Å². The largest absolute Gasteiger partial charge is 0.130 e. The summed E-state index contributed by atoms with van der Waals surface area (Å²) >= 11 is 1.73. The van der Waals surface area contributed by atoms with Gasteiger partial charge in [-0.1, -0.05) is 24.8 Å². The van der Waals surface area contributed by atoms with Crippen molar-refractivity contribution < 1.29 is 0 Å². The zero-order chi connectivity index (χ0) is 9.26. The Morgan fingerprint density at radius 3 is 2.85 bits per heavy atom. The van der Waals surface area contributed by atoms with Crippen molar-refractivity contribution in [1.29, 1.82) is 0 Å². The van der Waals surface area contributed by atoms with Crippen molar-refractivity contribution >= 4 is 16.7 Å². The first-order valence-electron chi connectivity index (χ1n) is 4.66. The van der Waals surface area contributed by atoms with Gasteiger partial charge < -0.3 is 0 Å². The maximum atomic E-state index is 4.03. The van der Waals surface area contributed by atoms with Crippen molar-refractivity contribution in [3.63, 3.8) is 0 Å². The van der Waals surface area contributed by atoms with E-state index in [1.54, 1.807) is 11.8 Å². The van der Waals surface area contributed by atoms with Crippen LogP contribution in [0.1, 0.15) is 23.1 Å². The number of aryl methyl sites for hydroxylation is 2. The molecule has 1 aliphatic carbocycles. The summed E-state index contributed by atoms with van der Waals surface area (Å²) in [7, 11) is 0. The van der Waals surface area contributed by atoms with Crippen molar-refractivity contribution in [2.75, 3.05) is 6.26 Å². The molecule has 0 saturated heterocycles. The van der Waals surface area contributed by atoms with Gasteiger partial charge in [0.15, 0.2) is 0 Å². The second-order valence-electron chi connectivity index (χ2n) is 3.46. The molecule has 0 amide bonds. The van der Waals surface area contributed by atoms with E-state index in [4.69, 9.17) is 0 Å². The number of rotatable bonds is 2. The summed E-state index contributed by atoms with van der Waals surface area (Å²) in [6, 6.07) is 6.77. The molecule has 0 fully saturated rings. The smallest absolute Gasteiger partial charge is 0.00698 e. The van der Waals surface area contributed by atoms with E-state index < -0.39 is 0 Å². The summed E-state index contributed by atoms with van der Waals surface area (Å²) in [5, 5.41) is 0. The van der Waals surface area contributed by atoms with E-state index in [0.29, 0.717) is 0 Å². The van der Waals surface area contributed by atoms with Gasteiger partial charge in [-0.3, -0.25) is 0 Å². The molecule has 1 aliphatic rings. The summed E-state index contributed by atoms with van der Waals surface area (Å²) in [5.74, 6) is 0. The highest BCUT2D eigenvalue weighted by atomic mass is 32.2. The fourth-order valence-corrected chi connectivity index (χ4v) is 2.23. The minimum atomic E-state index is 1.18. The van der Waals surface area contributed by atoms with Crippen LogP contribution in [-0.2, 0) is 12.8 Å². The Morgan fingerprint density at radius 1 is 1.31 bits per heavy atom. The molecule has 0 radical (unpaired) electrons. The Labute approximate surface area is 84.0 Å². The summed E-state index contributed by atoms with van der Waals surface area (Å²) in [6.07, 6.45) is 5.92. The molecule has 1 aromatic carbocycles. The first-order chi connectivity index (χ1) is 6.31. The van der Waals surface area contributed by atoms with Crippen LogP contribution in [0.3, 0.4) is 0 Å². The number of fused-ring (bicyclic) bond motifs is 1. The van der Waals surface area contributed by atoms with Crippen LogP contribution in [0.4, 0.5) is 0 Å². The minimum Gasteiger partial charge on any atom is -0.130 e. The van der Waals surface area contributed by atoms with Crippen molar-refractivity contribution in [1.82, 2.24) is 0 Å². The average molecular weight is 190 g/mol. The van der Waals surface area contributed by atoms with Gasteiger partial charge in [0.2, 0.25) is 0 Å². The van der Waals surface area contributed by atoms with Crippen LogP contribution in [-0.4, -0.2) is 6.26 Å². The third-order valence-corrected chi connectivity index (χ3v) is 3.40. The molecule has 0 aliphatic heterocycles. The molecule has 1 heteroatoms. The van der Waals surface area contributed by atoms with Crippen molar-refractivity contribution in [2.45, 2.75) is 19.3 Å². The molecule has 68 valence electrons. The quantitative estimate of drug-likeness (QED) is 0.687. The highest BCUT2D eigenvalue weighted by molar-refractivity contribution is 8.07. The lowest BCUT2D eigenvalue weighted by atomic mass is 10.1. The van der Waals surface area contributed by atoms with Crippen molar-refractivity contribution in [3.05, 3.63) is 41.5 Å². The Morgan fingerprint density at radius 2 is 2.08 bits per heavy atom. The molecule has 1 aromatic rings. The third kappa shape index (κ3) is 1.66. The predicted octanol–water partition coefficient (Wildman–Crippen LogP) is 3.51. The number of benzene rings is 1. The fourth-order valence-electron chi connectivity index (χ4n) is 1.86. The summed E-state index contributed by atoms with van der Waals surface area (Å²) in [5.41, 5.74) is 4.37. The molecule has 0 N–H and O–H groups in total. The first-order valence-corrected chi connectivity index (χ1v) is 5.89. The van der Waals surface area contributed by atoms with Gasteiger partial charge >= 0.3 is 0 Å². The highest BCUT2D eigenvalue weighted by Gasteiger charge is 2.11.